The number of nitrogens with zero attached hydrogens (tertiary/aromatic N) is 2. The van der Waals surface area contributed by atoms with Gasteiger partial charge in [-0.3, -0.25) is 0 Å². The van der Waals surface area contributed by atoms with Crippen molar-refractivity contribution < 1.29 is 14.0 Å². The van der Waals surface area contributed by atoms with Gasteiger partial charge in [0.25, 0.3) is 0 Å². The second kappa shape index (κ2) is 5.27. The molecule has 0 amide bonds. The van der Waals surface area contributed by atoms with Crippen LogP contribution in [0.1, 0.15) is 32.7 Å². The summed E-state index contributed by atoms with van der Waals surface area (Å²) in [5.74, 6) is 0. The minimum Gasteiger partial charge on any atom is -0.406 e. The van der Waals surface area contributed by atoms with E-state index >= 15 is 0 Å². The molecule has 3 heterocycles. The Morgan fingerprint density at radius 2 is 1.95 bits per heavy atom. The maximum Gasteiger partial charge on any atom is 0.515 e. The van der Waals surface area contributed by atoms with Crippen molar-refractivity contribution in [3.63, 3.8) is 0 Å². The number of ether oxygens (including phenoxy) is 1. The third kappa shape index (κ3) is 3.01. The van der Waals surface area contributed by atoms with Gasteiger partial charge in [0.15, 0.2) is 0 Å². The lowest BCUT2D eigenvalue weighted by Crippen LogP contribution is -2.48. The Balaban J connectivity index is 1.64. The minimum atomic E-state index is -0.311. The van der Waals surface area contributed by atoms with E-state index in [-0.39, 0.29) is 12.5 Å². The van der Waals surface area contributed by atoms with Crippen LogP contribution in [0.25, 0.3) is 0 Å². The molecule has 2 fully saturated rings. The average Bonchev–Trinajstić information content (AvgIpc) is 2.89. The number of hydrogen-bond acceptors (Lipinski definition) is 4. The molecule has 5 nitrogen and oxygen atoms in total. The van der Waals surface area contributed by atoms with Crippen molar-refractivity contribution in [1.29, 1.82) is 0 Å². The third-order valence-corrected chi connectivity index (χ3v) is 3.73. The lowest BCUT2D eigenvalue weighted by molar-refractivity contribution is 0.0340. The molecule has 2 saturated heterocycles. The smallest absolute Gasteiger partial charge is 0.406 e. The predicted octanol–water partition coefficient (Wildman–Crippen LogP) is 1.00. The van der Waals surface area contributed by atoms with Crippen LogP contribution in [0.3, 0.4) is 0 Å². The Hall–Kier alpha value is -0.845. The van der Waals surface area contributed by atoms with Gasteiger partial charge in [0.2, 0.25) is 0 Å². The number of hydrogen-bond donors (Lipinski definition) is 0. The van der Waals surface area contributed by atoms with Gasteiger partial charge in [0.1, 0.15) is 0 Å². The van der Waals surface area contributed by atoms with E-state index in [0.717, 1.165) is 31.6 Å². The van der Waals surface area contributed by atoms with E-state index in [2.05, 4.69) is 29.6 Å². The van der Waals surface area contributed by atoms with Crippen LogP contribution in [0, 0.1) is 5.41 Å². The van der Waals surface area contributed by atoms with E-state index in [1.807, 2.05) is 6.33 Å². The van der Waals surface area contributed by atoms with Crippen molar-refractivity contribution in [3.05, 3.63) is 12.5 Å². The van der Waals surface area contributed by atoms with Crippen LogP contribution >= 0.6 is 0 Å². The van der Waals surface area contributed by atoms with E-state index in [0.29, 0.717) is 19.3 Å². The Kier molecular flexibility index (Phi) is 3.65. The summed E-state index contributed by atoms with van der Waals surface area (Å²) in [5.41, 5.74) is 0.974. The van der Waals surface area contributed by atoms with E-state index < -0.39 is 0 Å². The van der Waals surface area contributed by atoms with Crippen molar-refractivity contribution in [3.8, 4) is 0 Å². The predicted molar refractivity (Wildman–Crippen MR) is 72.4 cm³/mol. The normalized spacial score (nSPS) is 24.6. The molecule has 0 aliphatic carbocycles. The maximum atomic E-state index is 5.76. The molecule has 0 unspecified atom stereocenters. The monoisotopic (exact) mass is 264 g/mol. The SMILES string of the molecule is CC1(C)COB(c2cn(C3CCOCC3)cn2)OC1. The van der Waals surface area contributed by atoms with Gasteiger partial charge in [0, 0.05) is 44.1 Å². The second-order valence-corrected chi connectivity index (χ2v) is 6.21. The molecule has 0 bridgehead atoms. The summed E-state index contributed by atoms with van der Waals surface area (Å²) >= 11 is 0. The van der Waals surface area contributed by atoms with Crippen LogP contribution in [0.4, 0.5) is 0 Å². The fourth-order valence-corrected chi connectivity index (χ4v) is 2.52. The van der Waals surface area contributed by atoms with E-state index in [4.69, 9.17) is 14.0 Å². The molecule has 1 aromatic heterocycles. The van der Waals surface area contributed by atoms with Crippen LogP contribution in [-0.4, -0.2) is 43.1 Å². The van der Waals surface area contributed by atoms with Gasteiger partial charge in [-0.25, -0.2) is 4.98 Å². The maximum absolute atomic E-state index is 5.76. The first-order valence-corrected chi connectivity index (χ1v) is 6.98. The van der Waals surface area contributed by atoms with E-state index in [9.17, 15) is 0 Å². The third-order valence-electron chi connectivity index (χ3n) is 3.73. The van der Waals surface area contributed by atoms with Crippen LogP contribution in [0.2, 0.25) is 0 Å². The summed E-state index contributed by atoms with van der Waals surface area (Å²) in [5, 5.41) is 0. The first-order valence-electron chi connectivity index (χ1n) is 6.98. The highest BCUT2D eigenvalue weighted by Gasteiger charge is 2.35. The topological polar surface area (TPSA) is 45.5 Å². The highest BCUT2D eigenvalue weighted by molar-refractivity contribution is 6.60. The molecule has 6 heteroatoms. The lowest BCUT2D eigenvalue weighted by Gasteiger charge is -2.32. The zero-order chi connectivity index (χ0) is 13.3. The van der Waals surface area contributed by atoms with Crippen molar-refractivity contribution in [1.82, 2.24) is 9.55 Å². The molecule has 0 radical (unpaired) electrons. The van der Waals surface area contributed by atoms with Crippen LogP contribution in [0.15, 0.2) is 12.5 Å². The van der Waals surface area contributed by atoms with Gasteiger partial charge >= 0.3 is 7.12 Å². The molecule has 0 aromatic carbocycles. The second-order valence-electron chi connectivity index (χ2n) is 6.21. The van der Waals surface area contributed by atoms with Gasteiger partial charge in [-0.1, -0.05) is 13.8 Å². The van der Waals surface area contributed by atoms with E-state index in [1.54, 1.807) is 0 Å². The van der Waals surface area contributed by atoms with Gasteiger partial charge in [0.05, 0.1) is 11.9 Å². The fourth-order valence-electron chi connectivity index (χ4n) is 2.52. The highest BCUT2D eigenvalue weighted by Crippen LogP contribution is 2.22. The number of rotatable bonds is 2. The highest BCUT2D eigenvalue weighted by atomic mass is 16.6. The first-order chi connectivity index (χ1) is 9.14. The molecule has 0 atom stereocenters. The Labute approximate surface area is 114 Å². The summed E-state index contributed by atoms with van der Waals surface area (Å²) in [6, 6.07) is 0.495. The molecule has 0 spiro atoms. The average molecular weight is 264 g/mol. The lowest BCUT2D eigenvalue weighted by atomic mass is 9.80. The van der Waals surface area contributed by atoms with Gasteiger partial charge in [-0.15, -0.1) is 0 Å². The summed E-state index contributed by atoms with van der Waals surface area (Å²) in [7, 11) is -0.311. The Morgan fingerprint density at radius 3 is 2.63 bits per heavy atom. The Bertz CT molecular complexity index is 419. The zero-order valence-corrected chi connectivity index (χ0v) is 11.7. The largest absolute Gasteiger partial charge is 0.515 e. The molecule has 3 rings (SSSR count). The quantitative estimate of drug-likeness (QED) is 0.748. The summed E-state index contributed by atoms with van der Waals surface area (Å²) in [6.07, 6.45) is 6.04. The van der Waals surface area contributed by atoms with Crippen molar-refractivity contribution >= 4 is 12.7 Å². The molecule has 2 aliphatic rings. The van der Waals surface area contributed by atoms with Crippen LogP contribution in [-0.2, 0) is 14.0 Å². The minimum absolute atomic E-state index is 0.0970. The molecule has 19 heavy (non-hydrogen) atoms. The zero-order valence-electron chi connectivity index (χ0n) is 11.7. The number of imidazole rings is 1. The molecule has 0 N–H and O–H groups in total. The molecular formula is C13H21BN2O3. The van der Waals surface area contributed by atoms with Crippen molar-refractivity contribution in [2.24, 2.45) is 5.41 Å². The van der Waals surface area contributed by atoms with Crippen molar-refractivity contribution in [2.45, 2.75) is 32.7 Å². The summed E-state index contributed by atoms with van der Waals surface area (Å²) in [6.45, 7) is 7.38. The van der Waals surface area contributed by atoms with Gasteiger partial charge < -0.3 is 18.6 Å². The molecule has 2 aliphatic heterocycles. The van der Waals surface area contributed by atoms with Gasteiger partial charge in [-0.2, -0.15) is 0 Å². The standard InChI is InChI=1S/C13H21BN2O3/c1-13(2)8-18-14(19-9-13)12-7-16(10-15-12)11-3-5-17-6-4-11/h7,10-11H,3-6,8-9H2,1-2H3. The van der Waals surface area contributed by atoms with E-state index in [1.165, 1.54) is 0 Å². The molecule has 1 aromatic rings. The summed E-state index contributed by atoms with van der Waals surface area (Å²) < 4.78 is 19.1. The van der Waals surface area contributed by atoms with Gasteiger partial charge in [-0.05, 0) is 12.8 Å². The molecule has 104 valence electrons. The molecule has 0 saturated carbocycles. The van der Waals surface area contributed by atoms with Crippen LogP contribution in [0.5, 0.6) is 0 Å². The van der Waals surface area contributed by atoms with Crippen LogP contribution < -0.4 is 5.59 Å². The fraction of sp³-hybridized carbons (Fsp3) is 0.769. The Morgan fingerprint density at radius 1 is 1.26 bits per heavy atom. The first kappa shape index (κ1) is 13.2. The molecular weight excluding hydrogens is 243 g/mol. The van der Waals surface area contributed by atoms with Crippen molar-refractivity contribution in [2.75, 3.05) is 26.4 Å². The number of aromatic nitrogens is 2. The summed E-state index contributed by atoms with van der Waals surface area (Å²) in [4.78, 5) is 4.43.